The van der Waals surface area contributed by atoms with Crippen LogP contribution in [0.5, 0.6) is 0 Å². The highest BCUT2D eigenvalue weighted by Gasteiger charge is 2.27. The fourth-order valence-corrected chi connectivity index (χ4v) is 3.38. The number of nitrogens with one attached hydrogen (secondary N) is 1. The molecule has 2 aromatic rings. The number of halogens is 1. The molecule has 0 bridgehead atoms. The lowest BCUT2D eigenvalue weighted by molar-refractivity contribution is 0.404. The first-order chi connectivity index (χ1) is 10.3. The topological polar surface area (TPSA) is 37.8 Å². The first-order valence-corrected chi connectivity index (χ1v) is 8.47. The summed E-state index contributed by atoms with van der Waals surface area (Å²) >= 11 is 3.49. The van der Waals surface area contributed by atoms with Gasteiger partial charge in [-0.1, -0.05) is 34.5 Å². The van der Waals surface area contributed by atoms with Crippen LogP contribution in [0.25, 0.3) is 11.4 Å². The Balaban J connectivity index is 1.82. The van der Waals surface area contributed by atoms with Crippen LogP contribution >= 0.6 is 15.9 Å². The average molecular weight is 344 g/mol. The smallest absolute Gasteiger partial charge is 0.159 e. The molecule has 0 amide bonds. The normalized spacial score (nSPS) is 18.1. The first kappa shape index (κ1) is 13.4. The first-order valence-electron chi connectivity index (χ1n) is 7.67. The highest BCUT2D eigenvalue weighted by atomic mass is 79.9. The van der Waals surface area contributed by atoms with Crippen LogP contribution in [0.1, 0.15) is 42.1 Å². The zero-order chi connectivity index (χ0) is 14.2. The van der Waals surface area contributed by atoms with Crippen LogP contribution in [0.2, 0.25) is 0 Å². The second-order valence-electron chi connectivity index (χ2n) is 5.92. The Labute approximate surface area is 133 Å². The maximum atomic E-state index is 4.94. The fraction of sp³-hybridized carbons (Fsp3) is 0.412. The van der Waals surface area contributed by atoms with Crippen molar-refractivity contribution in [3.8, 4) is 11.4 Å². The molecule has 1 N–H and O–H groups in total. The van der Waals surface area contributed by atoms with Crippen molar-refractivity contribution in [1.29, 1.82) is 0 Å². The number of hydrogen-bond donors (Lipinski definition) is 1. The van der Waals surface area contributed by atoms with E-state index in [2.05, 4.69) is 45.5 Å². The lowest BCUT2D eigenvalue weighted by Crippen LogP contribution is -2.28. The third kappa shape index (κ3) is 2.51. The summed E-state index contributed by atoms with van der Waals surface area (Å²) in [5, 5.41) is 3.46. The predicted molar refractivity (Wildman–Crippen MR) is 87.2 cm³/mol. The molecular formula is C17H18BrN3. The number of aromatic nitrogens is 2. The molecule has 1 fully saturated rings. The van der Waals surface area contributed by atoms with E-state index in [-0.39, 0.29) is 0 Å². The summed E-state index contributed by atoms with van der Waals surface area (Å²) in [7, 11) is 0. The van der Waals surface area contributed by atoms with Crippen molar-refractivity contribution in [3.05, 3.63) is 45.7 Å². The van der Waals surface area contributed by atoms with Gasteiger partial charge in [-0.15, -0.1) is 0 Å². The highest BCUT2D eigenvalue weighted by molar-refractivity contribution is 9.10. The molecule has 1 aliphatic carbocycles. The summed E-state index contributed by atoms with van der Waals surface area (Å²) in [6, 6.07) is 8.31. The van der Waals surface area contributed by atoms with E-state index in [1.807, 2.05) is 0 Å². The van der Waals surface area contributed by atoms with Gasteiger partial charge in [0.15, 0.2) is 5.82 Å². The van der Waals surface area contributed by atoms with Gasteiger partial charge in [0.1, 0.15) is 0 Å². The van der Waals surface area contributed by atoms with E-state index >= 15 is 0 Å². The minimum absolute atomic E-state index is 0.649. The molecule has 4 heteroatoms. The van der Waals surface area contributed by atoms with E-state index in [9.17, 15) is 0 Å². The SMILES string of the molecule is Brc1ccc(-c2nc3c(c(C4CCC4)n2)CNCC3)cc1. The van der Waals surface area contributed by atoms with Crippen LogP contribution in [0.15, 0.2) is 28.7 Å². The lowest BCUT2D eigenvalue weighted by atomic mass is 9.80. The Bertz CT molecular complexity index is 662. The van der Waals surface area contributed by atoms with Gasteiger partial charge in [0.25, 0.3) is 0 Å². The molecule has 0 radical (unpaired) electrons. The molecule has 108 valence electrons. The van der Waals surface area contributed by atoms with Crippen molar-refractivity contribution in [2.75, 3.05) is 6.54 Å². The quantitative estimate of drug-likeness (QED) is 0.900. The minimum Gasteiger partial charge on any atom is -0.312 e. The minimum atomic E-state index is 0.649. The molecule has 2 heterocycles. The molecule has 1 aliphatic heterocycles. The van der Waals surface area contributed by atoms with Crippen molar-refractivity contribution in [3.63, 3.8) is 0 Å². The summed E-state index contributed by atoms with van der Waals surface area (Å²) in [4.78, 5) is 9.79. The zero-order valence-corrected chi connectivity index (χ0v) is 13.5. The largest absolute Gasteiger partial charge is 0.312 e. The molecular weight excluding hydrogens is 326 g/mol. The predicted octanol–water partition coefficient (Wildman–Crippen LogP) is 3.82. The molecule has 0 spiro atoms. The van der Waals surface area contributed by atoms with E-state index < -0.39 is 0 Å². The fourth-order valence-electron chi connectivity index (χ4n) is 3.12. The zero-order valence-electron chi connectivity index (χ0n) is 11.9. The summed E-state index contributed by atoms with van der Waals surface area (Å²) in [5.41, 5.74) is 5.03. The Morgan fingerprint density at radius 2 is 1.90 bits per heavy atom. The average Bonchev–Trinajstić information content (AvgIpc) is 2.46. The number of nitrogens with zero attached hydrogens (tertiary/aromatic N) is 2. The highest BCUT2D eigenvalue weighted by Crippen LogP contribution is 2.38. The number of hydrogen-bond acceptors (Lipinski definition) is 3. The van der Waals surface area contributed by atoms with Gasteiger partial charge in [-0.2, -0.15) is 0 Å². The second kappa shape index (κ2) is 5.50. The maximum absolute atomic E-state index is 4.94. The molecule has 2 aliphatic rings. The van der Waals surface area contributed by atoms with Crippen molar-refractivity contribution < 1.29 is 0 Å². The van der Waals surface area contributed by atoms with Gasteiger partial charge >= 0.3 is 0 Å². The van der Waals surface area contributed by atoms with Crippen molar-refractivity contribution in [2.45, 2.75) is 38.1 Å². The molecule has 1 aromatic heterocycles. The van der Waals surface area contributed by atoms with E-state index in [1.54, 1.807) is 0 Å². The molecule has 0 saturated heterocycles. The molecule has 21 heavy (non-hydrogen) atoms. The molecule has 1 saturated carbocycles. The van der Waals surface area contributed by atoms with E-state index in [0.717, 1.165) is 35.4 Å². The van der Waals surface area contributed by atoms with Gasteiger partial charge in [0.2, 0.25) is 0 Å². The van der Waals surface area contributed by atoms with Crippen molar-refractivity contribution in [1.82, 2.24) is 15.3 Å². The monoisotopic (exact) mass is 343 g/mol. The van der Waals surface area contributed by atoms with Crippen LogP contribution in [0.4, 0.5) is 0 Å². The van der Waals surface area contributed by atoms with Gasteiger partial charge in [-0.3, -0.25) is 0 Å². The van der Waals surface area contributed by atoms with Crippen LogP contribution in [-0.4, -0.2) is 16.5 Å². The van der Waals surface area contributed by atoms with Crippen LogP contribution in [0, 0.1) is 0 Å². The second-order valence-corrected chi connectivity index (χ2v) is 6.83. The summed E-state index contributed by atoms with van der Waals surface area (Å²) < 4.78 is 1.09. The van der Waals surface area contributed by atoms with Gasteiger partial charge in [0.05, 0.1) is 11.4 Å². The summed E-state index contributed by atoms with van der Waals surface area (Å²) in [6.07, 6.45) is 4.91. The Morgan fingerprint density at radius 3 is 2.62 bits per heavy atom. The van der Waals surface area contributed by atoms with Gasteiger partial charge in [-0.05, 0) is 25.0 Å². The van der Waals surface area contributed by atoms with Crippen LogP contribution in [-0.2, 0) is 13.0 Å². The Kier molecular flexibility index (Phi) is 3.51. The van der Waals surface area contributed by atoms with E-state index in [4.69, 9.17) is 9.97 Å². The maximum Gasteiger partial charge on any atom is 0.159 e. The molecule has 0 atom stereocenters. The van der Waals surface area contributed by atoms with Crippen molar-refractivity contribution >= 4 is 15.9 Å². The van der Waals surface area contributed by atoms with Crippen LogP contribution < -0.4 is 5.32 Å². The van der Waals surface area contributed by atoms with E-state index in [0.29, 0.717) is 5.92 Å². The van der Waals surface area contributed by atoms with Gasteiger partial charge in [0, 0.05) is 41.0 Å². The molecule has 4 rings (SSSR count). The summed E-state index contributed by atoms with van der Waals surface area (Å²) in [6.45, 7) is 1.95. The van der Waals surface area contributed by atoms with Gasteiger partial charge in [-0.25, -0.2) is 9.97 Å². The van der Waals surface area contributed by atoms with Gasteiger partial charge < -0.3 is 5.32 Å². The third-order valence-corrected chi connectivity index (χ3v) is 5.09. The molecule has 3 nitrogen and oxygen atoms in total. The number of fused-ring (bicyclic) bond motifs is 1. The summed E-state index contributed by atoms with van der Waals surface area (Å²) in [5.74, 6) is 1.54. The van der Waals surface area contributed by atoms with Crippen molar-refractivity contribution in [2.24, 2.45) is 0 Å². The Hall–Kier alpha value is -1.26. The standard InChI is InChI=1S/C17H18BrN3/c18-13-6-4-12(5-7-13)17-20-15-8-9-19-10-14(15)16(21-17)11-2-1-3-11/h4-7,11,19H,1-3,8-10H2. The lowest BCUT2D eigenvalue weighted by Gasteiger charge is -2.29. The third-order valence-electron chi connectivity index (χ3n) is 4.56. The molecule has 1 aromatic carbocycles. The number of benzene rings is 1. The molecule has 0 unspecified atom stereocenters. The Morgan fingerprint density at radius 1 is 1.10 bits per heavy atom. The van der Waals surface area contributed by atoms with E-state index in [1.165, 1.54) is 36.2 Å². The number of rotatable bonds is 2. The van der Waals surface area contributed by atoms with Crippen LogP contribution in [0.3, 0.4) is 0 Å².